The molecule has 0 unspecified atom stereocenters. The number of nitrogens with one attached hydrogen (secondary N) is 3. The van der Waals surface area contributed by atoms with Crippen molar-refractivity contribution in [1.82, 2.24) is 0 Å². The van der Waals surface area contributed by atoms with E-state index in [9.17, 15) is 0 Å². The summed E-state index contributed by atoms with van der Waals surface area (Å²) in [5.41, 5.74) is 10.2. The van der Waals surface area contributed by atoms with Crippen LogP contribution in [0.2, 0.25) is 0 Å². The normalized spacial score (nSPS) is 11.5. The van der Waals surface area contributed by atoms with Gasteiger partial charge in [0.25, 0.3) is 0 Å². The maximum atomic E-state index is 5.98. The van der Waals surface area contributed by atoms with Crippen LogP contribution in [0.1, 0.15) is 0 Å². The Balaban J connectivity index is 0.000000103. The highest BCUT2D eigenvalue weighted by Crippen LogP contribution is 2.40. The van der Waals surface area contributed by atoms with Crippen molar-refractivity contribution in [2.45, 2.75) is 0 Å². The summed E-state index contributed by atoms with van der Waals surface area (Å²) in [5, 5.41) is 28.1. The highest BCUT2D eigenvalue weighted by atomic mass is 32.1. The Kier molecular flexibility index (Phi) is 11.5. The van der Waals surface area contributed by atoms with Crippen molar-refractivity contribution < 1.29 is 8.83 Å². The molecule has 0 aliphatic carbocycles. The number of rotatable bonds is 6. The van der Waals surface area contributed by atoms with E-state index < -0.39 is 0 Å². The zero-order chi connectivity index (χ0) is 52.2. The average Bonchev–Trinajstić information content (AvgIpc) is 4.32. The molecule has 0 amide bonds. The van der Waals surface area contributed by atoms with Crippen LogP contribution in [-0.4, -0.2) is 0 Å². The van der Waals surface area contributed by atoms with Crippen molar-refractivity contribution in [3.63, 3.8) is 0 Å². The summed E-state index contributed by atoms with van der Waals surface area (Å²) in [6.45, 7) is 0. The Morgan fingerprint density at radius 1 is 0.215 bits per heavy atom. The van der Waals surface area contributed by atoms with Crippen LogP contribution in [0.15, 0.2) is 276 Å². The van der Waals surface area contributed by atoms with Crippen LogP contribution in [0, 0.1) is 0 Å². The maximum Gasteiger partial charge on any atom is 0.137 e. The smallest absolute Gasteiger partial charge is 0.137 e. The van der Waals surface area contributed by atoms with Crippen LogP contribution in [0.3, 0.4) is 0 Å². The molecule has 7 heteroatoms. The van der Waals surface area contributed by atoms with Gasteiger partial charge in [0.15, 0.2) is 0 Å². The third kappa shape index (κ3) is 8.68. The molecule has 79 heavy (non-hydrogen) atoms. The number of para-hydroxylation sites is 2. The van der Waals surface area contributed by atoms with Crippen molar-refractivity contribution >= 4 is 173 Å². The third-order valence-corrected chi connectivity index (χ3v) is 17.2. The first-order chi connectivity index (χ1) is 39.1. The molecule has 17 aromatic rings. The van der Waals surface area contributed by atoms with E-state index in [0.29, 0.717) is 0 Å². The lowest BCUT2D eigenvalue weighted by Crippen LogP contribution is -1.92. The van der Waals surface area contributed by atoms with Crippen LogP contribution in [0.5, 0.6) is 0 Å². The molecule has 0 bridgehead atoms. The largest absolute Gasteiger partial charge is 0.456 e. The Bertz CT molecular complexity index is 5160. The van der Waals surface area contributed by atoms with Gasteiger partial charge in [-0.2, -0.15) is 0 Å². The fourth-order valence-electron chi connectivity index (χ4n) is 11.2. The van der Waals surface area contributed by atoms with Gasteiger partial charge >= 0.3 is 0 Å². The molecule has 0 atom stereocenters. The van der Waals surface area contributed by atoms with E-state index in [0.717, 1.165) is 78.0 Å². The lowest BCUT2D eigenvalue weighted by Gasteiger charge is -2.13. The van der Waals surface area contributed by atoms with E-state index in [1.807, 2.05) is 65.1 Å². The zero-order valence-electron chi connectivity index (χ0n) is 42.5. The summed E-state index contributed by atoms with van der Waals surface area (Å²) in [5.74, 6) is 0. The van der Waals surface area contributed by atoms with E-state index >= 15 is 0 Å². The van der Waals surface area contributed by atoms with Gasteiger partial charge in [-0.25, -0.2) is 0 Å². The molecule has 5 nitrogen and oxygen atoms in total. The quantitative estimate of drug-likeness (QED) is 0.145. The van der Waals surface area contributed by atoms with Crippen molar-refractivity contribution in [3.05, 3.63) is 267 Å². The molecule has 4 heterocycles. The third-order valence-electron chi connectivity index (χ3n) is 14.9. The first kappa shape index (κ1) is 46.4. The first-order valence-electron chi connectivity index (χ1n) is 26.4. The zero-order valence-corrected chi connectivity index (χ0v) is 44.2. The van der Waals surface area contributed by atoms with Crippen molar-refractivity contribution in [3.8, 4) is 0 Å². The first-order valence-corrected chi connectivity index (χ1v) is 28.1. The second kappa shape index (κ2) is 19.6. The van der Waals surface area contributed by atoms with Crippen LogP contribution in [0.25, 0.3) is 117 Å². The van der Waals surface area contributed by atoms with E-state index in [-0.39, 0.29) is 0 Å². The summed E-state index contributed by atoms with van der Waals surface area (Å²) in [7, 11) is 0. The van der Waals surface area contributed by atoms with Gasteiger partial charge in [-0.3, -0.25) is 0 Å². The molecule has 374 valence electrons. The summed E-state index contributed by atoms with van der Waals surface area (Å²) in [6.07, 6.45) is 0. The van der Waals surface area contributed by atoms with Crippen molar-refractivity contribution in [1.29, 1.82) is 0 Å². The van der Waals surface area contributed by atoms with E-state index in [2.05, 4.69) is 240 Å². The standard InChI is InChI=1S/C26H17NO.C24H15NS2.C22H15NO/c1-2-8-19-17(7-1)15-24(21-10-4-3-9-20(19)21)27-18-13-14-26-23(16-18)22-11-5-6-12-25(22)28-26;1-3-7-21-17(5-1)19-11-9-16(14-24(19)27-21)25-15-10-12-23-20(13-15)18-6-2-4-8-22(18)26-23;1-2-8-17-15(6-1)7-5-10-20(17)23-16-12-13-19-18-9-3-4-11-21(18)24-22(19)14-16/h1-16,27H;1-14,25H;1-14,23H. The molecule has 0 radical (unpaired) electrons. The summed E-state index contributed by atoms with van der Waals surface area (Å²) in [4.78, 5) is 0. The van der Waals surface area contributed by atoms with E-state index in [1.54, 1.807) is 0 Å². The molecule has 17 rings (SSSR count). The molecule has 3 N–H and O–H groups in total. The number of hydrogen-bond donors (Lipinski definition) is 3. The Labute approximate surface area is 462 Å². The van der Waals surface area contributed by atoms with Gasteiger partial charge in [0.2, 0.25) is 0 Å². The van der Waals surface area contributed by atoms with Crippen molar-refractivity contribution in [2.24, 2.45) is 0 Å². The molecule has 0 fully saturated rings. The van der Waals surface area contributed by atoms with Gasteiger partial charge in [-0.15, -0.1) is 22.7 Å². The summed E-state index contributed by atoms with van der Waals surface area (Å²) < 4.78 is 17.3. The van der Waals surface area contributed by atoms with Gasteiger partial charge in [-0.05, 0) is 119 Å². The predicted molar refractivity (Wildman–Crippen MR) is 341 cm³/mol. The van der Waals surface area contributed by atoms with Crippen molar-refractivity contribution in [2.75, 3.05) is 16.0 Å². The van der Waals surface area contributed by atoms with Gasteiger partial charge in [0, 0.05) is 113 Å². The minimum absolute atomic E-state index is 0.904. The molecular formula is C72H47N3O2S2. The number of hydrogen-bond acceptors (Lipinski definition) is 7. The predicted octanol–water partition coefficient (Wildman–Crippen LogP) is 22.3. The second-order valence-electron chi connectivity index (χ2n) is 19.8. The summed E-state index contributed by atoms with van der Waals surface area (Å²) >= 11 is 3.71. The number of benzene rings is 13. The Morgan fingerprint density at radius 3 is 1.46 bits per heavy atom. The SMILES string of the molecule is c1ccc2c(Nc3ccc4c(c3)oc3ccccc34)cccc2c1.c1ccc2c(c1)cc(Nc1ccc3oc4ccccc4c3c1)c1ccccc12.c1ccc2c(c1)sc1cc(Nc3ccc4sc5ccccc5c4c3)ccc12. The topological polar surface area (TPSA) is 62.4 Å². The monoisotopic (exact) mass is 1050 g/mol. The van der Waals surface area contributed by atoms with E-state index in [1.165, 1.54) is 72.7 Å². The minimum Gasteiger partial charge on any atom is -0.456 e. The van der Waals surface area contributed by atoms with Gasteiger partial charge in [0.05, 0.1) is 0 Å². The molecule has 4 aromatic heterocycles. The number of thiophene rings is 2. The average molecular weight is 1050 g/mol. The molecule has 0 aliphatic rings. The van der Waals surface area contributed by atoms with Crippen LogP contribution < -0.4 is 16.0 Å². The maximum absolute atomic E-state index is 5.98. The molecule has 0 spiro atoms. The molecule has 13 aromatic carbocycles. The molecule has 0 saturated carbocycles. The lowest BCUT2D eigenvalue weighted by molar-refractivity contribution is 0.668. The number of anilines is 6. The highest BCUT2D eigenvalue weighted by molar-refractivity contribution is 7.26. The second-order valence-corrected chi connectivity index (χ2v) is 22.0. The lowest BCUT2D eigenvalue weighted by atomic mass is 10.00. The molecule has 0 saturated heterocycles. The fraction of sp³-hybridized carbons (Fsp3) is 0. The van der Waals surface area contributed by atoms with Gasteiger partial charge in [0.1, 0.15) is 22.3 Å². The molecular weight excluding hydrogens is 1000 g/mol. The van der Waals surface area contributed by atoms with Crippen LogP contribution in [0.4, 0.5) is 34.1 Å². The Morgan fingerprint density at radius 2 is 0.671 bits per heavy atom. The minimum atomic E-state index is 0.904. The highest BCUT2D eigenvalue weighted by Gasteiger charge is 2.13. The van der Waals surface area contributed by atoms with E-state index in [4.69, 9.17) is 8.83 Å². The number of fused-ring (bicyclic) bond motifs is 16. The van der Waals surface area contributed by atoms with Gasteiger partial charge < -0.3 is 24.8 Å². The molecule has 0 aliphatic heterocycles. The van der Waals surface area contributed by atoms with Gasteiger partial charge in [-0.1, -0.05) is 164 Å². The van der Waals surface area contributed by atoms with Crippen LogP contribution in [-0.2, 0) is 0 Å². The van der Waals surface area contributed by atoms with Crippen LogP contribution >= 0.6 is 22.7 Å². The summed E-state index contributed by atoms with van der Waals surface area (Å²) in [6, 6.07) is 93.5. The fourth-order valence-corrected chi connectivity index (χ4v) is 13.4. The number of furan rings is 2. The Hall–Kier alpha value is -9.92.